The lowest BCUT2D eigenvalue weighted by molar-refractivity contribution is -0.384. The third kappa shape index (κ3) is 11.6. The van der Waals surface area contributed by atoms with Crippen molar-refractivity contribution < 1.29 is 14.4 Å². The number of rotatable bonds is 15. The first kappa shape index (κ1) is 43.0. The van der Waals surface area contributed by atoms with E-state index in [1.807, 2.05) is 59.9 Å². The lowest BCUT2D eigenvalue weighted by atomic mass is 10.1. The number of likely N-dealkylation sites (tertiary alicyclic amines) is 2. The molecule has 2 aromatic carbocycles. The number of piperidine rings is 2. The van der Waals surface area contributed by atoms with Crippen molar-refractivity contribution in [1.82, 2.24) is 49.3 Å². The summed E-state index contributed by atoms with van der Waals surface area (Å²) >= 11 is 0. The van der Waals surface area contributed by atoms with E-state index in [0.29, 0.717) is 48.4 Å². The molecule has 6 N–H and O–H groups in total. The molecule has 0 amide bonds. The van der Waals surface area contributed by atoms with Crippen molar-refractivity contribution in [3.63, 3.8) is 0 Å². The van der Waals surface area contributed by atoms with Gasteiger partial charge < -0.3 is 46.3 Å². The van der Waals surface area contributed by atoms with E-state index in [9.17, 15) is 10.1 Å². The number of ether oxygens (including phenoxy) is 2. The van der Waals surface area contributed by atoms with E-state index in [4.69, 9.17) is 15.2 Å². The van der Waals surface area contributed by atoms with Gasteiger partial charge in [-0.1, -0.05) is 0 Å². The van der Waals surface area contributed by atoms with Crippen LogP contribution in [0.1, 0.15) is 51.6 Å². The summed E-state index contributed by atoms with van der Waals surface area (Å²) in [7, 11) is 4.28. The maximum atomic E-state index is 11.5. The Kier molecular flexibility index (Phi) is 14.2. The highest BCUT2D eigenvalue weighted by Gasteiger charge is 2.22. The van der Waals surface area contributed by atoms with Crippen LogP contribution in [0.2, 0.25) is 0 Å². The molecule has 2 aliphatic rings. The van der Waals surface area contributed by atoms with Crippen LogP contribution in [0.5, 0.6) is 11.5 Å². The molecule has 20 nitrogen and oxygen atoms in total. The van der Waals surface area contributed by atoms with Gasteiger partial charge in [-0.25, -0.2) is 9.97 Å². The number of aromatic nitrogens is 8. The zero-order valence-electron chi connectivity index (χ0n) is 35.4. The van der Waals surface area contributed by atoms with Crippen LogP contribution < -0.4 is 36.5 Å². The number of nitrogens with one attached hydrogen (secondary N) is 4. The third-order valence-electron chi connectivity index (χ3n) is 10.5. The van der Waals surface area contributed by atoms with Gasteiger partial charge in [-0.2, -0.15) is 20.2 Å². The monoisotopic (exact) mass is 846 g/mol. The number of nitrogens with zero attached hydrogens (tertiary/aromatic N) is 11. The van der Waals surface area contributed by atoms with E-state index in [2.05, 4.69) is 75.3 Å². The van der Waals surface area contributed by atoms with Gasteiger partial charge >= 0.3 is 5.69 Å². The molecule has 0 unspecified atom stereocenters. The normalized spacial score (nSPS) is 15.0. The zero-order chi connectivity index (χ0) is 43.4. The molecule has 4 aromatic heterocycles. The summed E-state index contributed by atoms with van der Waals surface area (Å²) in [5, 5.41) is 33.0. The summed E-state index contributed by atoms with van der Waals surface area (Å²) in [5.74, 6) is 2.88. The van der Waals surface area contributed by atoms with Gasteiger partial charge in [0.15, 0.2) is 5.82 Å². The van der Waals surface area contributed by atoms with E-state index in [-0.39, 0.29) is 17.5 Å². The molecule has 2 saturated heterocycles. The number of hydrogen-bond donors (Lipinski definition) is 5. The van der Waals surface area contributed by atoms with Crippen LogP contribution in [0.15, 0.2) is 85.7 Å². The van der Waals surface area contributed by atoms with Crippen molar-refractivity contribution in [1.29, 1.82) is 0 Å². The molecule has 0 saturated carbocycles. The van der Waals surface area contributed by atoms with Crippen LogP contribution in [-0.4, -0.2) is 108 Å². The molecule has 2 aliphatic heterocycles. The van der Waals surface area contributed by atoms with E-state index >= 15 is 0 Å². The summed E-state index contributed by atoms with van der Waals surface area (Å²) in [5.41, 5.74) is 9.41. The SMILES string of the molecule is CCOc1ccc(Nc2nc(Nc3cnn(C4CCN(C)CC4)c3)ncc2N)cc1.CCOc1ccc(Nc2nc(Nc3cnn(C4CCN(C)CC4)c3)ncc2[N+](=O)[O-])cc1. The molecule has 8 rings (SSSR count). The molecule has 0 aliphatic carbocycles. The van der Waals surface area contributed by atoms with Gasteiger partial charge in [-0.05, 0) is 128 Å². The molecule has 62 heavy (non-hydrogen) atoms. The van der Waals surface area contributed by atoms with Crippen molar-refractivity contribution in [2.75, 3.05) is 80.5 Å². The van der Waals surface area contributed by atoms with Gasteiger partial charge in [0.2, 0.25) is 17.7 Å². The summed E-state index contributed by atoms with van der Waals surface area (Å²) in [6.07, 6.45) is 14.5. The van der Waals surface area contributed by atoms with E-state index < -0.39 is 4.92 Å². The Morgan fingerprint density at radius 1 is 0.645 bits per heavy atom. The molecule has 0 spiro atoms. The van der Waals surface area contributed by atoms with Gasteiger partial charge in [-0.3, -0.25) is 19.5 Å². The Bertz CT molecular complexity index is 2360. The van der Waals surface area contributed by atoms with Crippen molar-refractivity contribution in [3.8, 4) is 11.5 Å². The van der Waals surface area contributed by atoms with Crippen molar-refractivity contribution in [2.45, 2.75) is 51.6 Å². The predicted octanol–water partition coefficient (Wildman–Crippen LogP) is 7.14. The van der Waals surface area contributed by atoms with Gasteiger partial charge in [0.25, 0.3) is 0 Å². The Morgan fingerprint density at radius 3 is 1.53 bits per heavy atom. The van der Waals surface area contributed by atoms with E-state index in [1.165, 1.54) is 6.20 Å². The number of nitrogens with two attached hydrogens (primary N) is 1. The van der Waals surface area contributed by atoms with Gasteiger partial charge in [-0.15, -0.1) is 0 Å². The van der Waals surface area contributed by atoms with Crippen molar-refractivity contribution in [2.24, 2.45) is 0 Å². The molecule has 0 radical (unpaired) electrons. The Morgan fingerprint density at radius 2 is 1.08 bits per heavy atom. The van der Waals surface area contributed by atoms with Crippen molar-refractivity contribution >= 4 is 57.7 Å². The minimum Gasteiger partial charge on any atom is -0.494 e. The predicted molar refractivity (Wildman–Crippen MR) is 239 cm³/mol. The highest BCUT2D eigenvalue weighted by molar-refractivity contribution is 5.70. The number of hydrogen-bond acceptors (Lipinski definition) is 17. The van der Waals surface area contributed by atoms with Gasteiger partial charge in [0, 0.05) is 23.8 Å². The van der Waals surface area contributed by atoms with Crippen LogP contribution in [0.25, 0.3) is 0 Å². The highest BCUT2D eigenvalue weighted by atomic mass is 16.6. The number of nitrogen functional groups attached to an aromatic ring is 1. The largest absolute Gasteiger partial charge is 0.494 e. The quantitative estimate of drug-likeness (QED) is 0.0511. The minimum atomic E-state index is -0.515. The molecular formula is C42H54N16O4. The lowest BCUT2D eigenvalue weighted by Gasteiger charge is -2.28. The summed E-state index contributed by atoms with van der Waals surface area (Å²) in [6.45, 7) is 9.33. The fraction of sp³-hybridized carbons (Fsp3) is 0.381. The zero-order valence-corrected chi connectivity index (χ0v) is 35.4. The van der Waals surface area contributed by atoms with Crippen molar-refractivity contribution in [3.05, 3.63) is 95.8 Å². The van der Waals surface area contributed by atoms with E-state index in [1.54, 1.807) is 42.9 Å². The van der Waals surface area contributed by atoms with Crippen LogP contribution in [-0.2, 0) is 0 Å². The summed E-state index contributed by atoms with van der Waals surface area (Å²) in [4.78, 5) is 32.8. The molecule has 0 bridgehead atoms. The molecular weight excluding hydrogens is 793 g/mol. The number of nitro groups is 1. The fourth-order valence-corrected chi connectivity index (χ4v) is 7.07. The number of benzene rings is 2. The fourth-order valence-electron chi connectivity index (χ4n) is 7.07. The molecule has 6 heterocycles. The first-order chi connectivity index (χ1) is 30.1. The smallest absolute Gasteiger partial charge is 0.329 e. The summed E-state index contributed by atoms with van der Waals surface area (Å²) < 4.78 is 14.9. The first-order valence-electron chi connectivity index (χ1n) is 20.8. The maximum Gasteiger partial charge on any atom is 0.329 e. The van der Waals surface area contributed by atoms with Gasteiger partial charge in [0.1, 0.15) is 17.7 Å². The standard InChI is InChI=1S/C21H26N8O3.C21H28N8O/c1-3-32-18-6-4-15(5-7-18)24-20-19(29(30)31)13-22-21(26-20)25-16-12-23-28(14-16)17-8-10-27(2)11-9-17;1-3-30-18-6-4-15(5-7-18)25-20-19(22)13-23-21(27-20)26-16-12-24-29(14-16)17-8-10-28(2)11-9-17/h4-7,12-14,17H,3,8-11H2,1-2H3,(H2,22,24,25,26);4-7,12-14,17H,3,8-11,22H2,1-2H3,(H2,23,25,26,27). The van der Waals surface area contributed by atoms with E-state index in [0.717, 1.165) is 80.4 Å². The second kappa shape index (κ2) is 20.5. The highest BCUT2D eigenvalue weighted by Crippen LogP contribution is 2.30. The summed E-state index contributed by atoms with van der Waals surface area (Å²) in [6, 6.07) is 15.6. The first-order valence-corrected chi connectivity index (χ1v) is 20.8. The third-order valence-corrected chi connectivity index (χ3v) is 10.5. The topological polar surface area (TPSA) is 229 Å². The van der Waals surface area contributed by atoms with Crippen LogP contribution in [0.4, 0.5) is 57.7 Å². The second-order valence-corrected chi connectivity index (χ2v) is 15.1. The Labute approximate surface area is 360 Å². The Hall–Kier alpha value is -7.06. The average Bonchev–Trinajstić information content (AvgIpc) is 3.94. The second-order valence-electron chi connectivity index (χ2n) is 15.1. The maximum absolute atomic E-state index is 11.5. The molecule has 326 valence electrons. The van der Waals surface area contributed by atoms with Crippen LogP contribution >= 0.6 is 0 Å². The molecule has 0 atom stereocenters. The van der Waals surface area contributed by atoms with Crippen LogP contribution in [0.3, 0.4) is 0 Å². The molecule has 20 heteroatoms. The average molecular weight is 847 g/mol. The molecule has 6 aromatic rings. The number of anilines is 9. The van der Waals surface area contributed by atoms with Crippen LogP contribution in [0, 0.1) is 10.1 Å². The Balaban J connectivity index is 0.000000187. The lowest BCUT2D eigenvalue weighted by Crippen LogP contribution is -2.31. The minimum absolute atomic E-state index is 0.0966. The van der Waals surface area contributed by atoms with Gasteiger partial charge in [0.05, 0.1) is 65.9 Å². The molecule has 2 fully saturated rings.